The van der Waals surface area contributed by atoms with Crippen molar-refractivity contribution in [1.29, 1.82) is 0 Å². The van der Waals surface area contributed by atoms with Crippen LogP contribution in [0.1, 0.15) is 24.3 Å². The van der Waals surface area contributed by atoms with E-state index in [1.807, 2.05) is 35.7 Å². The topological polar surface area (TPSA) is 44.5 Å². The van der Waals surface area contributed by atoms with Crippen LogP contribution in [0.5, 0.6) is 11.5 Å². The highest BCUT2D eigenvalue weighted by atomic mass is 32.2. The van der Waals surface area contributed by atoms with E-state index in [1.54, 1.807) is 14.2 Å². The van der Waals surface area contributed by atoms with Crippen LogP contribution in [-0.4, -0.2) is 36.9 Å². The number of hydrogen-bond donors (Lipinski definition) is 1. The molecule has 1 aliphatic heterocycles. The van der Waals surface area contributed by atoms with Gasteiger partial charge in [0.05, 0.1) is 18.8 Å². The number of benzene rings is 1. The SMILES string of the molecule is COc1cccc(C(CCN)C2SCCCS2)c1OC. The Hall–Kier alpha value is -0.520. The number of ether oxygens (including phenoxy) is 2. The summed E-state index contributed by atoms with van der Waals surface area (Å²) in [7, 11) is 3.39. The highest BCUT2D eigenvalue weighted by Gasteiger charge is 2.29. The normalized spacial score (nSPS) is 17.8. The second-order valence-electron chi connectivity index (χ2n) is 4.73. The van der Waals surface area contributed by atoms with Crippen LogP contribution in [0.2, 0.25) is 0 Å². The Bertz CT molecular complexity index is 422. The Balaban J connectivity index is 2.32. The van der Waals surface area contributed by atoms with Crippen LogP contribution < -0.4 is 15.2 Å². The molecule has 1 aromatic carbocycles. The Labute approximate surface area is 130 Å². The van der Waals surface area contributed by atoms with Gasteiger partial charge in [0.15, 0.2) is 11.5 Å². The molecular weight excluding hydrogens is 290 g/mol. The molecule has 0 amide bonds. The third-order valence-electron chi connectivity index (χ3n) is 3.49. The van der Waals surface area contributed by atoms with Crippen molar-refractivity contribution in [3.05, 3.63) is 23.8 Å². The molecule has 5 heteroatoms. The molecular formula is C15H23NO2S2. The highest BCUT2D eigenvalue weighted by Crippen LogP contribution is 2.46. The summed E-state index contributed by atoms with van der Waals surface area (Å²) in [5.41, 5.74) is 7.07. The first-order valence-electron chi connectivity index (χ1n) is 6.96. The lowest BCUT2D eigenvalue weighted by atomic mass is 9.96. The molecule has 0 spiro atoms. The molecule has 0 aromatic heterocycles. The highest BCUT2D eigenvalue weighted by molar-refractivity contribution is 8.17. The molecule has 20 heavy (non-hydrogen) atoms. The molecule has 1 saturated heterocycles. The van der Waals surface area contributed by atoms with Crippen LogP contribution in [0.4, 0.5) is 0 Å². The van der Waals surface area contributed by atoms with E-state index >= 15 is 0 Å². The summed E-state index contributed by atoms with van der Waals surface area (Å²) in [5.74, 6) is 4.56. The maximum Gasteiger partial charge on any atom is 0.164 e. The van der Waals surface area contributed by atoms with Crippen LogP contribution in [0, 0.1) is 0 Å². The van der Waals surface area contributed by atoms with E-state index in [0.717, 1.165) is 17.9 Å². The summed E-state index contributed by atoms with van der Waals surface area (Å²) in [6.45, 7) is 0.697. The number of nitrogens with two attached hydrogens (primary N) is 1. The summed E-state index contributed by atoms with van der Waals surface area (Å²) in [6, 6.07) is 6.14. The van der Waals surface area contributed by atoms with Crippen molar-refractivity contribution in [2.24, 2.45) is 5.73 Å². The number of rotatable bonds is 6. The first-order chi connectivity index (χ1) is 9.81. The third kappa shape index (κ3) is 3.57. The fraction of sp³-hybridized carbons (Fsp3) is 0.600. The second-order valence-corrected chi connectivity index (χ2v) is 7.53. The molecule has 3 nitrogen and oxygen atoms in total. The monoisotopic (exact) mass is 313 g/mol. The maximum atomic E-state index is 5.84. The number of para-hydroxylation sites is 1. The van der Waals surface area contributed by atoms with Gasteiger partial charge in [-0.05, 0) is 37.0 Å². The molecule has 1 aromatic rings. The van der Waals surface area contributed by atoms with Crippen molar-refractivity contribution in [3.63, 3.8) is 0 Å². The Morgan fingerprint density at radius 3 is 2.60 bits per heavy atom. The second kappa shape index (κ2) is 8.05. The van der Waals surface area contributed by atoms with Crippen LogP contribution in [0.15, 0.2) is 18.2 Å². The van der Waals surface area contributed by atoms with E-state index in [-0.39, 0.29) is 0 Å². The molecule has 1 atom stereocenters. The van der Waals surface area contributed by atoms with Gasteiger partial charge >= 0.3 is 0 Å². The predicted octanol–water partition coefficient (Wildman–Crippen LogP) is 3.33. The molecule has 1 unspecified atom stereocenters. The fourth-order valence-corrected chi connectivity index (χ4v) is 5.82. The van der Waals surface area contributed by atoms with Crippen molar-refractivity contribution in [2.45, 2.75) is 23.3 Å². The van der Waals surface area contributed by atoms with Crippen LogP contribution >= 0.6 is 23.5 Å². The minimum Gasteiger partial charge on any atom is -0.493 e. The van der Waals surface area contributed by atoms with Gasteiger partial charge in [0.1, 0.15) is 0 Å². The number of hydrogen-bond acceptors (Lipinski definition) is 5. The van der Waals surface area contributed by atoms with E-state index < -0.39 is 0 Å². The van der Waals surface area contributed by atoms with Crippen molar-refractivity contribution in [2.75, 3.05) is 32.3 Å². The van der Waals surface area contributed by atoms with Crippen LogP contribution in [0.25, 0.3) is 0 Å². The molecule has 0 aliphatic carbocycles. The first kappa shape index (κ1) is 15.9. The smallest absolute Gasteiger partial charge is 0.164 e. The summed E-state index contributed by atoms with van der Waals surface area (Å²) in [6.07, 6.45) is 2.28. The summed E-state index contributed by atoms with van der Waals surface area (Å²) in [4.78, 5) is 0. The zero-order valence-corrected chi connectivity index (χ0v) is 13.8. The standard InChI is InChI=1S/C15H23NO2S2/c1-17-13-6-3-5-11(14(13)18-2)12(7-8-16)15-19-9-4-10-20-15/h3,5-6,12,15H,4,7-10,16H2,1-2H3. The van der Waals surface area contributed by atoms with E-state index in [2.05, 4.69) is 6.07 Å². The molecule has 1 fully saturated rings. The lowest BCUT2D eigenvalue weighted by Gasteiger charge is -2.30. The first-order valence-corrected chi connectivity index (χ1v) is 9.05. The Kier molecular flexibility index (Phi) is 6.39. The maximum absolute atomic E-state index is 5.84. The predicted molar refractivity (Wildman–Crippen MR) is 89.3 cm³/mol. The van der Waals surface area contributed by atoms with Gasteiger partial charge in [0.2, 0.25) is 0 Å². The minimum absolute atomic E-state index is 0.417. The van der Waals surface area contributed by atoms with Gasteiger partial charge in [-0.1, -0.05) is 12.1 Å². The van der Waals surface area contributed by atoms with Gasteiger partial charge in [0, 0.05) is 11.5 Å². The summed E-state index contributed by atoms with van der Waals surface area (Å²) < 4.78 is 11.6. The van der Waals surface area contributed by atoms with Gasteiger partial charge in [0.25, 0.3) is 0 Å². The molecule has 1 aliphatic rings. The van der Waals surface area contributed by atoms with Crippen LogP contribution in [-0.2, 0) is 0 Å². The molecule has 112 valence electrons. The summed E-state index contributed by atoms with van der Waals surface area (Å²) >= 11 is 4.10. The molecule has 0 saturated carbocycles. The zero-order valence-electron chi connectivity index (χ0n) is 12.1. The molecule has 1 heterocycles. The van der Waals surface area contributed by atoms with Gasteiger partial charge in [-0.15, -0.1) is 23.5 Å². The fourth-order valence-electron chi connectivity index (χ4n) is 2.56. The Morgan fingerprint density at radius 1 is 1.25 bits per heavy atom. The zero-order chi connectivity index (χ0) is 14.4. The molecule has 0 bridgehead atoms. The van der Waals surface area contributed by atoms with Crippen molar-refractivity contribution in [3.8, 4) is 11.5 Å². The van der Waals surface area contributed by atoms with Gasteiger partial charge < -0.3 is 15.2 Å². The van der Waals surface area contributed by atoms with Gasteiger partial charge in [-0.3, -0.25) is 0 Å². The largest absolute Gasteiger partial charge is 0.493 e. The van der Waals surface area contributed by atoms with E-state index in [9.17, 15) is 0 Å². The third-order valence-corrected chi connectivity index (χ3v) is 6.67. The molecule has 2 rings (SSSR count). The summed E-state index contributed by atoms with van der Waals surface area (Å²) in [5, 5.41) is 0. The minimum atomic E-state index is 0.417. The molecule has 0 radical (unpaired) electrons. The quantitative estimate of drug-likeness (QED) is 0.872. The van der Waals surface area contributed by atoms with Crippen molar-refractivity contribution in [1.82, 2.24) is 0 Å². The number of thioether (sulfide) groups is 2. The average Bonchev–Trinajstić information content (AvgIpc) is 2.52. The van der Waals surface area contributed by atoms with E-state index in [4.69, 9.17) is 15.2 Å². The van der Waals surface area contributed by atoms with Gasteiger partial charge in [-0.2, -0.15) is 0 Å². The number of methoxy groups -OCH3 is 2. The van der Waals surface area contributed by atoms with Crippen molar-refractivity contribution < 1.29 is 9.47 Å². The van der Waals surface area contributed by atoms with Crippen LogP contribution in [0.3, 0.4) is 0 Å². The molecule has 2 N–H and O–H groups in total. The lowest BCUT2D eigenvalue weighted by Crippen LogP contribution is -2.20. The lowest BCUT2D eigenvalue weighted by molar-refractivity contribution is 0.349. The van der Waals surface area contributed by atoms with E-state index in [0.29, 0.717) is 17.0 Å². The van der Waals surface area contributed by atoms with Crippen molar-refractivity contribution >= 4 is 23.5 Å². The van der Waals surface area contributed by atoms with Gasteiger partial charge in [-0.25, -0.2) is 0 Å². The van der Waals surface area contributed by atoms with E-state index in [1.165, 1.54) is 23.5 Å². The Morgan fingerprint density at radius 2 is 2.00 bits per heavy atom. The average molecular weight is 313 g/mol.